The van der Waals surface area contributed by atoms with Crippen molar-refractivity contribution < 1.29 is 4.52 Å². The molecule has 1 aromatic heterocycles. The number of nitrogens with zero attached hydrogens (tertiary/aromatic N) is 2. The smallest absolute Gasteiger partial charge is 0.243 e. The van der Waals surface area contributed by atoms with Gasteiger partial charge in [-0.3, -0.25) is 0 Å². The van der Waals surface area contributed by atoms with E-state index in [4.69, 9.17) is 10.3 Å². The molecule has 19 heavy (non-hydrogen) atoms. The number of hydrogen-bond donors (Lipinski definition) is 1. The third-order valence-corrected chi connectivity index (χ3v) is 3.41. The predicted octanol–water partition coefficient (Wildman–Crippen LogP) is 3.61. The van der Waals surface area contributed by atoms with Crippen LogP contribution in [-0.2, 0) is 6.42 Å². The second-order valence-corrected chi connectivity index (χ2v) is 5.52. The molecular weight excluding hydrogens is 306 g/mol. The highest BCUT2D eigenvalue weighted by atomic mass is 79.9. The summed E-state index contributed by atoms with van der Waals surface area (Å²) in [5.41, 5.74) is 7.15. The Bertz CT molecular complexity index is 527. The molecule has 2 N–H and O–H groups in total. The Balaban J connectivity index is 2.01. The van der Waals surface area contributed by atoms with E-state index in [9.17, 15) is 0 Å². The zero-order valence-corrected chi connectivity index (χ0v) is 12.6. The van der Waals surface area contributed by atoms with Gasteiger partial charge in [0, 0.05) is 10.9 Å². The van der Waals surface area contributed by atoms with Crippen molar-refractivity contribution in [1.82, 2.24) is 10.1 Å². The fourth-order valence-corrected chi connectivity index (χ4v) is 2.31. The molecule has 0 spiro atoms. The summed E-state index contributed by atoms with van der Waals surface area (Å²) in [5.74, 6) is 1.22. The highest BCUT2D eigenvalue weighted by molar-refractivity contribution is 9.10. The van der Waals surface area contributed by atoms with Crippen LogP contribution in [0.15, 0.2) is 33.3 Å². The van der Waals surface area contributed by atoms with Gasteiger partial charge in [0.1, 0.15) is 0 Å². The third kappa shape index (κ3) is 4.14. The van der Waals surface area contributed by atoms with E-state index in [2.05, 4.69) is 33.0 Å². The van der Waals surface area contributed by atoms with Crippen LogP contribution < -0.4 is 5.73 Å². The Hall–Kier alpha value is -1.20. The zero-order valence-electron chi connectivity index (χ0n) is 11.0. The molecule has 0 unspecified atom stereocenters. The van der Waals surface area contributed by atoms with Gasteiger partial charge in [-0.05, 0) is 24.1 Å². The van der Waals surface area contributed by atoms with Crippen molar-refractivity contribution in [3.05, 3.63) is 46.0 Å². The van der Waals surface area contributed by atoms with Crippen LogP contribution in [0.1, 0.15) is 49.5 Å². The van der Waals surface area contributed by atoms with Gasteiger partial charge >= 0.3 is 0 Å². The van der Waals surface area contributed by atoms with Crippen molar-refractivity contribution in [1.29, 1.82) is 0 Å². The molecule has 0 radical (unpaired) electrons. The lowest BCUT2D eigenvalue weighted by molar-refractivity contribution is 0.343. The average Bonchev–Trinajstić information content (AvgIpc) is 2.84. The first kappa shape index (κ1) is 14.2. The van der Waals surface area contributed by atoms with Crippen LogP contribution in [0, 0.1) is 0 Å². The summed E-state index contributed by atoms with van der Waals surface area (Å²) in [7, 11) is 0. The number of halogens is 1. The van der Waals surface area contributed by atoms with Crippen molar-refractivity contribution in [2.75, 3.05) is 0 Å². The van der Waals surface area contributed by atoms with Crippen LogP contribution in [0.3, 0.4) is 0 Å². The maximum absolute atomic E-state index is 6.01. The Labute approximate surface area is 121 Å². The lowest BCUT2D eigenvalue weighted by Gasteiger charge is -2.03. The molecule has 4 nitrogen and oxygen atoms in total. The molecule has 1 aromatic carbocycles. The normalized spacial score (nSPS) is 12.6. The summed E-state index contributed by atoms with van der Waals surface area (Å²) in [4.78, 5) is 4.37. The van der Waals surface area contributed by atoms with E-state index >= 15 is 0 Å². The second kappa shape index (κ2) is 6.82. The second-order valence-electron chi connectivity index (χ2n) is 4.60. The zero-order chi connectivity index (χ0) is 13.7. The lowest BCUT2D eigenvalue weighted by Crippen LogP contribution is -2.10. The first-order valence-electron chi connectivity index (χ1n) is 6.51. The molecule has 0 fully saturated rings. The summed E-state index contributed by atoms with van der Waals surface area (Å²) in [6, 6.07) is 7.92. The van der Waals surface area contributed by atoms with Crippen molar-refractivity contribution in [2.45, 2.75) is 38.6 Å². The van der Waals surface area contributed by atoms with Crippen LogP contribution in [0.5, 0.6) is 0 Å². The van der Waals surface area contributed by atoms with Gasteiger partial charge in [0.15, 0.2) is 5.82 Å². The van der Waals surface area contributed by atoms with Gasteiger partial charge in [-0.1, -0.05) is 53.0 Å². The fourth-order valence-electron chi connectivity index (χ4n) is 1.87. The van der Waals surface area contributed by atoms with Gasteiger partial charge in [-0.15, -0.1) is 0 Å². The molecule has 2 aromatic rings. The van der Waals surface area contributed by atoms with Crippen LogP contribution >= 0.6 is 15.9 Å². The molecule has 0 saturated heterocycles. The first-order chi connectivity index (χ1) is 9.19. The predicted molar refractivity (Wildman–Crippen MR) is 77.7 cm³/mol. The summed E-state index contributed by atoms with van der Waals surface area (Å²) < 4.78 is 6.28. The number of aromatic nitrogens is 2. The monoisotopic (exact) mass is 323 g/mol. The first-order valence-corrected chi connectivity index (χ1v) is 7.31. The highest BCUT2D eigenvalue weighted by Gasteiger charge is 2.14. The molecule has 0 aliphatic carbocycles. The highest BCUT2D eigenvalue weighted by Crippen LogP contribution is 2.17. The van der Waals surface area contributed by atoms with Gasteiger partial charge in [0.25, 0.3) is 0 Å². The van der Waals surface area contributed by atoms with E-state index in [0.717, 1.165) is 29.3 Å². The van der Waals surface area contributed by atoms with E-state index in [1.165, 1.54) is 0 Å². The van der Waals surface area contributed by atoms with Gasteiger partial charge < -0.3 is 10.3 Å². The number of nitrogens with two attached hydrogens (primary N) is 1. The summed E-state index contributed by atoms with van der Waals surface area (Å²) >= 11 is 3.45. The fraction of sp³-hybridized carbons (Fsp3) is 0.429. The maximum Gasteiger partial charge on any atom is 0.243 e. The van der Waals surface area contributed by atoms with Gasteiger partial charge in [0.05, 0.1) is 6.04 Å². The van der Waals surface area contributed by atoms with Crippen LogP contribution in [0.4, 0.5) is 0 Å². The average molecular weight is 324 g/mol. The Kier molecular flexibility index (Phi) is 5.10. The van der Waals surface area contributed by atoms with E-state index in [1.807, 2.05) is 24.3 Å². The molecule has 0 saturated carbocycles. The molecule has 2 rings (SSSR count). The number of benzene rings is 1. The van der Waals surface area contributed by atoms with E-state index in [-0.39, 0.29) is 6.04 Å². The van der Waals surface area contributed by atoms with Gasteiger partial charge in [-0.2, -0.15) is 4.98 Å². The molecule has 1 atom stereocenters. The van der Waals surface area contributed by atoms with Crippen LogP contribution in [0.25, 0.3) is 0 Å². The minimum atomic E-state index is -0.149. The van der Waals surface area contributed by atoms with Crippen LogP contribution in [-0.4, -0.2) is 10.1 Å². The number of unbranched alkanes of at least 4 members (excludes halogenated alkanes) is 1. The summed E-state index contributed by atoms with van der Waals surface area (Å²) in [5, 5.41) is 3.99. The van der Waals surface area contributed by atoms with E-state index in [1.54, 1.807) is 0 Å². The quantitative estimate of drug-likeness (QED) is 0.881. The van der Waals surface area contributed by atoms with E-state index in [0.29, 0.717) is 18.1 Å². The third-order valence-electron chi connectivity index (χ3n) is 2.92. The molecular formula is C14H18BrN3O. The molecule has 0 aliphatic rings. The standard InChI is InChI=1S/C14H18BrN3O/c1-2-3-7-12(16)14-17-13(18-19-14)9-10-5-4-6-11(15)8-10/h4-6,8,12H,2-3,7,9,16H2,1H3/t12-/m0/s1. The Morgan fingerprint density at radius 2 is 2.26 bits per heavy atom. The van der Waals surface area contributed by atoms with Crippen molar-refractivity contribution in [3.63, 3.8) is 0 Å². The maximum atomic E-state index is 6.01. The minimum absolute atomic E-state index is 0.149. The summed E-state index contributed by atoms with van der Waals surface area (Å²) in [6.07, 6.45) is 3.73. The number of hydrogen-bond acceptors (Lipinski definition) is 4. The molecule has 5 heteroatoms. The molecule has 102 valence electrons. The lowest BCUT2D eigenvalue weighted by atomic mass is 10.1. The molecule has 0 amide bonds. The number of rotatable bonds is 6. The van der Waals surface area contributed by atoms with Crippen molar-refractivity contribution in [3.8, 4) is 0 Å². The van der Waals surface area contributed by atoms with Crippen LogP contribution in [0.2, 0.25) is 0 Å². The van der Waals surface area contributed by atoms with Gasteiger partial charge in [-0.25, -0.2) is 0 Å². The molecule has 0 aliphatic heterocycles. The molecule has 1 heterocycles. The van der Waals surface area contributed by atoms with Crippen molar-refractivity contribution >= 4 is 15.9 Å². The van der Waals surface area contributed by atoms with Gasteiger partial charge in [0.2, 0.25) is 5.89 Å². The Morgan fingerprint density at radius 1 is 1.42 bits per heavy atom. The molecule has 0 bridgehead atoms. The van der Waals surface area contributed by atoms with E-state index < -0.39 is 0 Å². The minimum Gasteiger partial charge on any atom is -0.338 e. The largest absolute Gasteiger partial charge is 0.338 e. The Morgan fingerprint density at radius 3 is 3.00 bits per heavy atom. The van der Waals surface area contributed by atoms with Crippen molar-refractivity contribution in [2.24, 2.45) is 5.73 Å². The summed E-state index contributed by atoms with van der Waals surface area (Å²) in [6.45, 7) is 2.14. The SMILES string of the molecule is CCCC[C@H](N)c1nc(Cc2cccc(Br)c2)no1. The topological polar surface area (TPSA) is 64.9 Å².